The van der Waals surface area contributed by atoms with Crippen molar-refractivity contribution in [1.29, 1.82) is 0 Å². The van der Waals surface area contributed by atoms with Gasteiger partial charge in [0.05, 0.1) is 52.2 Å². The second-order valence-electron chi connectivity index (χ2n) is 18.1. The first-order valence-electron chi connectivity index (χ1n) is 23.3. The minimum absolute atomic E-state index is 0.393. The van der Waals surface area contributed by atoms with E-state index in [2.05, 4.69) is 29.7 Å². The number of carbonyl (C=O) groups excluding carboxylic acids is 4. The van der Waals surface area contributed by atoms with Gasteiger partial charge in [-0.25, -0.2) is 9.80 Å². The Morgan fingerprint density at radius 1 is 0.352 bits per heavy atom. The summed E-state index contributed by atoms with van der Waals surface area (Å²) in [6, 6.07) is 49.3. The smallest absolute Gasteiger partial charge is 0.265 e. The molecule has 0 aliphatic carbocycles. The van der Waals surface area contributed by atoms with Gasteiger partial charge in [0.25, 0.3) is 23.6 Å². The second kappa shape index (κ2) is 15.4. The molecular formula is C59H36N8O4. The van der Waals surface area contributed by atoms with E-state index >= 15 is 0 Å². The van der Waals surface area contributed by atoms with E-state index in [4.69, 9.17) is 0 Å². The third-order valence-corrected chi connectivity index (χ3v) is 14.1. The number of benzene rings is 6. The summed E-state index contributed by atoms with van der Waals surface area (Å²) in [5.41, 5.74) is 12.8. The SMILES string of the molecule is O=C1c2cccc3c4c(cc(c23)C(=O)N1c1cccc(-c2ccnc(-c3ccccn3)c2)c1)CN1CN4Cc2cc3c4c(cccc4c21)C(=O)N(c1cccc(-c2ccnc(-c4ccccn4)c2)c1)C3=O. The maximum Gasteiger partial charge on any atom is 0.265 e. The molecule has 12 nitrogen and oxygen atoms in total. The van der Waals surface area contributed by atoms with Crippen molar-refractivity contribution in [1.82, 2.24) is 19.9 Å². The van der Waals surface area contributed by atoms with Gasteiger partial charge in [-0.3, -0.25) is 39.1 Å². The van der Waals surface area contributed by atoms with Crippen LogP contribution in [0.25, 0.3) is 66.6 Å². The molecule has 0 N–H and O–H groups in total. The van der Waals surface area contributed by atoms with Crippen molar-refractivity contribution in [2.45, 2.75) is 13.1 Å². The highest BCUT2D eigenvalue weighted by molar-refractivity contribution is 6.38. The Kier molecular flexibility index (Phi) is 8.77. The van der Waals surface area contributed by atoms with E-state index in [-0.39, 0.29) is 0 Å². The molecule has 71 heavy (non-hydrogen) atoms. The van der Waals surface area contributed by atoms with Crippen LogP contribution in [0.4, 0.5) is 22.7 Å². The molecule has 0 spiro atoms. The van der Waals surface area contributed by atoms with Crippen molar-refractivity contribution in [2.75, 3.05) is 26.3 Å². The Morgan fingerprint density at radius 3 is 1.23 bits per heavy atom. The number of amides is 4. The van der Waals surface area contributed by atoms with Crippen LogP contribution in [0.1, 0.15) is 52.6 Å². The van der Waals surface area contributed by atoms with Crippen molar-refractivity contribution in [3.8, 4) is 45.0 Å². The number of fused-ring (bicyclic) bond motifs is 8. The normalized spacial score (nSPS) is 14.6. The van der Waals surface area contributed by atoms with Gasteiger partial charge in [0, 0.05) is 81.7 Å². The number of aromatic nitrogens is 4. The molecule has 6 aromatic carbocycles. The zero-order chi connectivity index (χ0) is 47.5. The Labute approximate surface area is 405 Å². The van der Waals surface area contributed by atoms with Crippen LogP contribution in [0.5, 0.6) is 0 Å². The van der Waals surface area contributed by atoms with E-state index in [1.807, 2.05) is 133 Å². The number of carbonyl (C=O) groups is 4. The standard InChI is InChI=1S/C59H36N8O4/c68-56-44-15-7-13-42-52(44)46(58(70)66(56)40-11-5-9-34(25-40)36-19-23-62-50(29-36)48-17-1-3-21-60-48)27-38-31-64-33-65(54(38)42)32-39-28-47-53-43(55(39)64)14-8-16-45(53)57(69)67(59(47)71)41-12-6-10-35(26-41)37-20-24-63-51(30-37)49-18-2-4-22-61-49/h1-30H,31-33H2. The van der Waals surface area contributed by atoms with Gasteiger partial charge in [-0.15, -0.1) is 0 Å². The first-order valence-corrected chi connectivity index (χ1v) is 23.3. The molecule has 0 radical (unpaired) electrons. The second-order valence-corrected chi connectivity index (χ2v) is 18.1. The van der Waals surface area contributed by atoms with Crippen molar-refractivity contribution in [2.24, 2.45) is 0 Å². The molecule has 0 saturated heterocycles. The van der Waals surface area contributed by atoms with E-state index in [1.54, 1.807) is 49.1 Å². The van der Waals surface area contributed by atoms with Crippen molar-refractivity contribution in [3.63, 3.8) is 0 Å². The fourth-order valence-electron chi connectivity index (χ4n) is 11.1. The number of imide groups is 2. The lowest BCUT2D eigenvalue weighted by molar-refractivity contribution is 0.0877. The first kappa shape index (κ1) is 40.4. The predicted octanol–water partition coefficient (Wildman–Crippen LogP) is 11.1. The summed E-state index contributed by atoms with van der Waals surface area (Å²) in [5, 5.41) is 2.91. The van der Waals surface area contributed by atoms with Crippen LogP contribution in [-0.2, 0) is 13.1 Å². The number of hydrogen-bond acceptors (Lipinski definition) is 10. The number of pyridine rings is 4. The average Bonchev–Trinajstić information content (AvgIpc) is 3.42. The molecule has 0 saturated carbocycles. The van der Waals surface area contributed by atoms with Crippen LogP contribution in [0, 0.1) is 0 Å². The molecule has 14 rings (SSSR count). The summed E-state index contributed by atoms with van der Waals surface area (Å²) in [5.74, 6) is -1.58. The van der Waals surface area contributed by atoms with Gasteiger partial charge >= 0.3 is 0 Å². The van der Waals surface area contributed by atoms with Crippen LogP contribution < -0.4 is 19.6 Å². The van der Waals surface area contributed by atoms with Crippen molar-refractivity contribution < 1.29 is 19.2 Å². The topological polar surface area (TPSA) is 133 Å². The van der Waals surface area contributed by atoms with Crippen LogP contribution in [0.15, 0.2) is 183 Å². The molecule has 0 atom stereocenters. The summed E-state index contributed by atoms with van der Waals surface area (Å²) in [6.45, 7) is 1.45. The summed E-state index contributed by atoms with van der Waals surface area (Å²) < 4.78 is 0. The summed E-state index contributed by atoms with van der Waals surface area (Å²) in [4.78, 5) is 84.0. The minimum atomic E-state index is -0.396. The van der Waals surface area contributed by atoms with E-state index in [0.29, 0.717) is 75.5 Å². The van der Waals surface area contributed by atoms with Gasteiger partial charge in [-0.05, 0) is 130 Å². The lowest BCUT2D eigenvalue weighted by atomic mass is 9.86. The average molecular weight is 921 g/mol. The fraction of sp³-hybridized carbons (Fsp3) is 0.0508. The third kappa shape index (κ3) is 6.17. The van der Waals surface area contributed by atoms with E-state index in [1.165, 1.54) is 9.80 Å². The maximum atomic E-state index is 14.9. The van der Waals surface area contributed by atoms with Crippen LogP contribution in [-0.4, -0.2) is 50.2 Å². The highest BCUT2D eigenvalue weighted by Crippen LogP contribution is 2.49. The van der Waals surface area contributed by atoms with Gasteiger partial charge < -0.3 is 9.80 Å². The third-order valence-electron chi connectivity index (χ3n) is 14.1. The van der Waals surface area contributed by atoms with Crippen molar-refractivity contribution in [3.05, 3.63) is 216 Å². The minimum Gasteiger partial charge on any atom is -0.349 e. The molecule has 0 unspecified atom stereocenters. The van der Waals surface area contributed by atoms with Gasteiger partial charge in [0.1, 0.15) is 0 Å². The maximum absolute atomic E-state index is 14.9. The molecule has 4 aliphatic heterocycles. The Balaban J connectivity index is 0.814. The summed E-state index contributed by atoms with van der Waals surface area (Å²) >= 11 is 0. The summed E-state index contributed by atoms with van der Waals surface area (Å²) in [7, 11) is 0. The first-order chi connectivity index (χ1) is 34.9. The highest BCUT2D eigenvalue weighted by Gasteiger charge is 2.41. The van der Waals surface area contributed by atoms with Crippen LogP contribution in [0.2, 0.25) is 0 Å². The lowest BCUT2D eigenvalue weighted by Gasteiger charge is -2.46. The van der Waals surface area contributed by atoms with Crippen molar-refractivity contribution >= 4 is 67.9 Å². The molecular weight excluding hydrogens is 885 g/mol. The molecule has 8 heterocycles. The van der Waals surface area contributed by atoms with Crippen LogP contribution in [0.3, 0.4) is 0 Å². The Bertz CT molecular complexity index is 3730. The van der Waals surface area contributed by atoms with E-state index in [0.717, 1.165) is 66.9 Å². The van der Waals surface area contributed by atoms with Gasteiger partial charge in [0.2, 0.25) is 0 Å². The zero-order valence-corrected chi connectivity index (χ0v) is 37.7. The lowest BCUT2D eigenvalue weighted by Crippen LogP contribution is -2.47. The molecule has 4 aromatic heterocycles. The van der Waals surface area contributed by atoms with Gasteiger partial charge in [0.15, 0.2) is 0 Å². The molecule has 4 amide bonds. The predicted molar refractivity (Wildman–Crippen MR) is 273 cm³/mol. The quantitative estimate of drug-likeness (QED) is 0.148. The number of anilines is 4. The molecule has 12 heteroatoms. The molecule has 336 valence electrons. The number of rotatable bonds is 6. The van der Waals surface area contributed by atoms with Crippen LogP contribution >= 0.6 is 0 Å². The van der Waals surface area contributed by atoms with Gasteiger partial charge in [-0.2, -0.15) is 0 Å². The molecule has 2 bridgehead atoms. The van der Waals surface area contributed by atoms with Gasteiger partial charge in [-0.1, -0.05) is 60.7 Å². The fourth-order valence-corrected chi connectivity index (χ4v) is 11.1. The summed E-state index contributed by atoms with van der Waals surface area (Å²) in [6.07, 6.45) is 6.92. The number of nitrogens with zero attached hydrogens (tertiary/aromatic N) is 8. The zero-order valence-electron chi connectivity index (χ0n) is 37.7. The van der Waals surface area contributed by atoms with E-state index in [9.17, 15) is 19.2 Å². The molecule has 0 fully saturated rings. The number of hydrogen-bond donors (Lipinski definition) is 0. The Hall–Kier alpha value is -9.68. The molecule has 10 aromatic rings. The Morgan fingerprint density at radius 2 is 0.775 bits per heavy atom. The molecule has 4 aliphatic rings. The van der Waals surface area contributed by atoms with E-state index < -0.39 is 23.6 Å². The monoisotopic (exact) mass is 920 g/mol. The highest BCUT2D eigenvalue weighted by atomic mass is 16.2. The largest absolute Gasteiger partial charge is 0.349 e.